The van der Waals surface area contributed by atoms with Crippen molar-refractivity contribution in [2.24, 2.45) is 0 Å². The van der Waals surface area contributed by atoms with Gasteiger partial charge in [0.15, 0.2) is 22.8 Å². The van der Waals surface area contributed by atoms with Crippen LogP contribution in [0.3, 0.4) is 0 Å². The van der Waals surface area contributed by atoms with Crippen molar-refractivity contribution in [1.82, 2.24) is 90.5 Å². The number of H-pyrrole nitrogens is 4. The number of pyridine rings is 8. The second kappa shape index (κ2) is 44.1. The molecule has 726 valence electrons. The number of aromatic amines is 4. The van der Waals surface area contributed by atoms with Gasteiger partial charge in [-0.2, -0.15) is 20.4 Å². The lowest BCUT2D eigenvalue weighted by Crippen LogP contribution is -2.36. The molecule has 9 N–H and O–H groups in total. The minimum Gasteiger partial charge on any atom is -0.378 e. The molecule has 20 aromatic rings. The van der Waals surface area contributed by atoms with Crippen LogP contribution in [0.15, 0.2) is 317 Å². The minimum absolute atomic E-state index is 0.246. The molecule has 0 aliphatic carbocycles. The van der Waals surface area contributed by atoms with E-state index in [9.17, 15) is 24.0 Å². The molecule has 0 atom stereocenters. The fourth-order valence-corrected chi connectivity index (χ4v) is 17.5. The number of morpholine rings is 1. The van der Waals surface area contributed by atoms with Crippen molar-refractivity contribution in [2.45, 2.75) is 53.5 Å². The molecule has 14 heterocycles. The Morgan fingerprint density at radius 2 is 0.623 bits per heavy atom. The maximum Gasteiger partial charge on any atom is 0.321 e. The third-order valence-corrected chi connectivity index (χ3v) is 25.0. The number of hydrogen-bond acceptors (Lipinski definition) is 21. The number of anilines is 7. The van der Waals surface area contributed by atoms with Crippen LogP contribution in [-0.4, -0.2) is 188 Å². The van der Waals surface area contributed by atoms with Gasteiger partial charge >= 0.3 is 6.03 Å². The number of aromatic nitrogens is 16. The van der Waals surface area contributed by atoms with E-state index >= 15 is 0 Å². The first-order valence-corrected chi connectivity index (χ1v) is 47.9. The number of fused-ring (bicyclic) bond motifs is 4. The Morgan fingerprint density at radius 3 is 0.945 bits per heavy atom. The molecule has 6 amide bonds. The van der Waals surface area contributed by atoms with Crippen LogP contribution in [0, 0.1) is 27.7 Å². The van der Waals surface area contributed by atoms with E-state index in [0.29, 0.717) is 64.1 Å². The molecular formula is C115H105N25O6. The van der Waals surface area contributed by atoms with Crippen molar-refractivity contribution in [2.75, 3.05) is 104 Å². The molecule has 31 heteroatoms. The first-order valence-electron chi connectivity index (χ1n) is 47.9. The zero-order valence-corrected chi connectivity index (χ0v) is 81.7. The third-order valence-electron chi connectivity index (χ3n) is 25.0. The van der Waals surface area contributed by atoms with E-state index in [1.54, 1.807) is 51.3 Å². The molecule has 2 aliphatic heterocycles. The predicted octanol–water partition coefficient (Wildman–Crippen LogP) is 22.0. The molecule has 0 bridgehead atoms. The van der Waals surface area contributed by atoms with Gasteiger partial charge in [-0.1, -0.05) is 119 Å². The van der Waals surface area contributed by atoms with E-state index in [1.807, 2.05) is 240 Å². The van der Waals surface area contributed by atoms with E-state index in [0.717, 1.165) is 183 Å². The van der Waals surface area contributed by atoms with Crippen LogP contribution in [0.2, 0.25) is 0 Å². The molecule has 146 heavy (non-hydrogen) atoms. The average molecular weight is 1930 g/mol. The van der Waals surface area contributed by atoms with Crippen molar-refractivity contribution in [3.8, 4) is 89.5 Å². The Balaban J connectivity index is 0.000000123. The van der Waals surface area contributed by atoms with Crippen LogP contribution >= 0.6 is 0 Å². The molecule has 2 saturated heterocycles. The van der Waals surface area contributed by atoms with Gasteiger partial charge in [0, 0.05) is 144 Å². The molecular weight excluding hydrogens is 1830 g/mol. The summed E-state index contributed by atoms with van der Waals surface area (Å²) in [4.78, 5) is 108. The summed E-state index contributed by atoms with van der Waals surface area (Å²) in [7, 11) is 7.39. The molecule has 12 aromatic heterocycles. The highest BCUT2D eigenvalue weighted by atomic mass is 16.5. The molecule has 8 aromatic carbocycles. The van der Waals surface area contributed by atoms with Gasteiger partial charge in [-0.3, -0.25) is 79.4 Å². The van der Waals surface area contributed by atoms with Crippen LogP contribution < -0.4 is 36.4 Å². The normalized spacial score (nSPS) is 12.3. The van der Waals surface area contributed by atoms with Gasteiger partial charge < -0.3 is 50.9 Å². The molecule has 0 saturated carbocycles. The predicted molar refractivity (Wildman–Crippen MR) is 576 cm³/mol. The molecule has 0 radical (unpaired) electrons. The summed E-state index contributed by atoms with van der Waals surface area (Å²) in [6, 6.07) is 79.1. The molecule has 22 rings (SSSR count). The van der Waals surface area contributed by atoms with Crippen molar-refractivity contribution in [1.29, 1.82) is 0 Å². The molecule has 0 spiro atoms. The first kappa shape index (κ1) is 96.4. The summed E-state index contributed by atoms with van der Waals surface area (Å²) >= 11 is 0. The Hall–Kier alpha value is -18.5. The Kier molecular flexibility index (Phi) is 29.1. The lowest BCUT2D eigenvalue weighted by molar-refractivity contribution is 0.101. The molecule has 31 nitrogen and oxygen atoms in total. The first-order chi connectivity index (χ1) is 71.1. The molecule has 2 aliphatic rings. The summed E-state index contributed by atoms with van der Waals surface area (Å²) in [5, 5.41) is 46.3. The van der Waals surface area contributed by atoms with Gasteiger partial charge in [0.25, 0.3) is 23.6 Å². The number of urea groups is 1. The number of nitrogens with one attached hydrogen (secondary N) is 9. The summed E-state index contributed by atoms with van der Waals surface area (Å²) in [6.45, 7) is 14.3. The van der Waals surface area contributed by atoms with Gasteiger partial charge in [0.2, 0.25) is 0 Å². The van der Waals surface area contributed by atoms with Gasteiger partial charge in [0.05, 0.1) is 141 Å². The summed E-state index contributed by atoms with van der Waals surface area (Å²) in [6.07, 6.45) is 24.9. The van der Waals surface area contributed by atoms with Crippen LogP contribution in [0.1, 0.15) is 89.0 Å². The fourth-order valence-electron chi connectivity index (χ4n) is 17.5. The van der Waals surface area contributed by atoms with Gasteiger partial charge in [-0.25, -0.2) is 4.79 Å². The molecule has 2 fully saturated rings. The topological polar surface area (TPSA) is 386 Å². The van der Waals surface area contributed by atoms with E-state index in [2.05, 4.69) is 203 Å². The number of rotatable bonds is 21. The number of amides is 6. The van der Waals surface area contributed by atoms with Crippen molar-refractivity contribution >= 4 is 113 Å². The van der Waals surface area contributed by atoms with Crippen molar-refractivity contribution in [3.63, 3.8) is 0 Å². The van der Waals surface area contributed by atoms with Crippen molar-refractivity contribution in [3.05, 3.63) is 368 Å². The zero-order chi connectivity index (χ0) is 101. The Morgan fingerprint density at radius 1 is 0.301 bits per heavy atom. The van der Waals surface area contributed by atoms with E-state index in [-0.39, 0.29) is 35.4 Å². The smallest absolute Gasteiger partial charge is 0.321 e. The summed E-state index contributed by atoms with van der Waals surface area (Å²) < 4.78 is 5.47. The molecule has 0 unspecified atom stereocenters. The SMILES string of the molecule is Cc1cccc(-c2ccc(NC(=O)c3n[nH]c4ccc(-c5cncc(CN(C)C)c5)cc34)cn2)c1.Cc1cccc(-c2ccc(NC(=O)c3n[nH]c4ccc(-c5cncc(N6CCCCC6)c5)cc34)cn2)c1.Cc1cccc(-c2ccc(NC(=O)c3n[nH]c4ccc(-c5cncc(N6CCOCC6)c5)cc34)cn2)c1.Cc1cccc(-c2ccc(NC(=O)c3n[nH]c4ccc(-c5cncc(NC(=O)N(C)C)c5)cc34)cn2)c1. The van der Waals surface area contributed by atoms with E-state index in [1.165, 1.54) is 40.9 Å². The van der Waals surface area contributed by atoms with Gasteiger partial charge in [-0.15, -0.1) is 0 Å². The van der Waals surface area contributed by atoms with E-state index in [4.69, 9.17) is 4.74 Å². The lowest BCUT2D eigenvalue weighted by Gasteiger charge is -2.28. The Labute approximate surface area is 841 Å². The van der Waals surface area contributed by atoms with Gasteiger partial charge in [0.1, 0.15) is 0 Å². The summed E-state index contributed by atoms with van der Waals surface area (Å²) in [5.41, 5.74) is 30.5. The Bertz CT molecular complexity index is 7910. The number of carbonyl (C=O) groups is 5. The second-order valence-electron chi connectivity index (χ2n) is 36.5. The van der Waals surface area contributed by atoms with Crippen LogP contribution in [-0.2, 0) is 11.3 Å². The largest absolute Gasteiger partial charge is 0.378 e. The fraction of sp³-hybridized carbons (Fsp3) is 0.157. The summed E-state index contributed by atoms with van der Waals surface area (Å²) in [5.74, 6) is -1.22. The standard InChI is InChI=1S/C30H28N6O.C29H26N6O2.C28H25N7O2.C28H26N6O/c1-20-6-5-7-22(14-20)27-11-9-24(18-32-27)33-30(37)29-26-16-21(8-10-28(26)34-35-29)23-15-25(19-31-17-23)36-12-3-2-4-13-36;1-19-3-2-4-21(13-19)26-8-6-23(17-31-26)32-29(36)28-25-15-20(5-7-27(25)33-34-28)22-14-24(18-30-16-22)35-9-11-37-12-10-35;1-17-5-4-6-19(11-17)24-10-8-21(16-30-24)31-27(36)26-23-13-18(7-9-25(23)33-34-26)20-12-22(15-29-14-20)32-28(37)35(2)3;1-18-5-4-6-21(11-18)25-10-8-23(16-30-25)31-28(35)27-24-13-20(7-9-26(24)32-33-27)22-12-19(14-29-15-22)17-34(2)3/h5-11,14-19H,2-4,12-13H2,1H3,(H,33,37)(H,34,35);2-8,13-18H,9-12H2,1H3,(H,32,36)(H,33,34);4-16H,1-3H3,(H,31,36)(H,32,37)(H,33,34);4-16H,17H2,1-3H3,(H,31,35)(H,32,33). The van der Waals surface area contributed by atoms with Crippen LogP contribution in [0.4, 0.5) is 44.6 Å². The average Bonchev–Trinajstić information content (AvgIpc) is 1.64. The van der Waals surface area contributed by atoms with Crippen LogP contribution in [0.25, 0.3) is 133 Å². The second-order valence-corrected chi connectivity index (χ2v) is 36.5. The number of piperidine rings is 1. The van der Waals surface area contributed by atoms with Gasteiger partial charge in [-0.05, 0) is 234 Å². The number of ether oxygens (including phenoxy) is 1. The maximum atomic E-state index is 13.2. The highest BCUT2D eigenvalue weighted by molar-refractivity contribution is 6.15. The number of hydrogen-bond donors (Lipinski definition) is 9. The van der Waals surface area contributed by atoms with Crippen LogP contribution in [0.5, 0.6) is 0 Å². The number of benzene rings is 8. The highest BCUT2D eigenvalue weighted by Crippen LogP contribution is 2.36. The number of nitrogens with zero attached hydrogens (tertiary/aromatic N) is 16. The maximum absolute atomic E-state index is 13.2. The monoisotopic (exact) mass is 1930 g/mol. The highest BCUT2D eigenvalue weighted by Gasteiger charge is 2.24. The van der Waals surface area contributed by atoms with Crippen molar-refractivity contribution < 1.29 is 28.7 Å². The van der Waals surface area contributed by atoms with E-state index < -0.39 is 0 Å². The third kappa shape index (κ3) is 23.2. The lowest BCUT2D eigenvalue weighted by atomic mass is 10.0. The number of carbonyl (C=O) groups excluding carboxylic acids is 5. The quantitative estimate of drug-likeness (QED) is 0.0323. The number of aryl methyl sites for hydroxylation is 4. The zero-order valence-electron chi connectivity index (χ0n) is 81.7. The minimum atomic E-state index is -0.348.